The first-order valence-corrected chi connectivity index (χ1v) is 6.20. The third-order valence-corrected chi connectivity index (χ3v) is 2.76. The van der Waals surface area contributed by atoms with E-state index in [1.54, 1.807) is 4.40 Å². The Labute approximate surface area is 107 Å². The first-order valence-electron chi connectivity index (χ1n) is 6.20. The molecule has 2 rings (SSSR count). The predicted octanol–water partition coefficient (Wildman–Crippen LogP) is 2.96. The fourth-order valence-corrected chi connectivity index (χ4v) is 2.09. The monoisotopic (exact) mass is 246 g/mol. The molecular formula is C14H18N2O2. The minimum Gasteiger partial charge on any atom is -0.473 e. The van der Waals surface area contributed by atoms with Crippen molar-refractivity contribution in [2.75, 3.05) is 0 Å². The van der Waals surface area contributed by atoms with Gasteiger partial charge in [-0.3, -0.25) is 9.20 Å². The van der Waals surface area contributed by atoms with Crippen molar-refractivity contribution in [3.8, 4) is 5.88 Å². The zero-order valence-corrected chi connectivity index (χ0v) is 11.0. The highest BCUT2D eigenvalue weighted by molar-refractivity contribution is 5.78. The molecule has 1 unspecified atom stereocenters. The van der Waals surface area contributed by atoms with Gasteiger partial charge in [-0.1, -0.05) is 19.9 Å². The second-order valence-corrected chi connectivity index (χ2v) is 4.91. The maximum atomic E-state index is 11.2. The molecule has 2 aromatic rings. The first kappa shape index (κ1) is 12.6. The summed E-state index contributed by atoms with van der Waals surface area (Å²) in [5, 5.41) is 0. The number of imidazole rings is 1. The Morgan fingerprint density at radius 3 is 2.83 bits per heavy atom. The molecule has 0 bridgehead atoms. The van der Waals surface area contributed by atoms with E-state index in [4.69, 9.17) is 4.74 Å². The van der Waals surface area contributed by atoms with E-state index in [2.05, 4.69) is 18.8 Å². The van der Waals surface area contributed by atoms with Gasteiger partial charge in [0.05, 0.1) is 6.10 Å². The van der Waals surface area contributed by atoms with Gasteiger partial charge >= 0.3 is 0 Å². The number of hydrogen-bond donors (Lipinski definition) is 0. The van der Waals surface area contributed by atoms with Crippen LogP contribution in [0.15, 0.2) is 24.4 Å². The molecule has 0 amide bonds. The fourth-order valence-electron chi connectivity index (χ4n) is 2.09. The molecule has 2 aromatic heterocycles. The van der Waals surface area contributed by atoms with Crippen molar-refractivity contribution in [3.05, 3.63) is 30.1 Å². The number of hydrogen-bond acceptors (Lipinski definition) is 3. The van der Waals surface area contributed by atoms with E-state index in [0.717, 1.165) is 18.4 Å². The number of fused-ring (bicyclic) bond motifs is 1. The molecule has 0 aliphatic heterocycles. The summed E-state index contributed by atoms with van der Waals surface area (Å²) in [7, 11) is 0. The molecule has 0 N–H and O–H groups in total. The smallest absolute Gasteiger partial charge is 0.244 e. The van der Waals surface area contributed by atoms with Gasteiger partial charge in [0, 0.05) is 6.20 Å². The van der Waals surface area contributed by atoms with Crippen molar-refractivity contribution in [1.82, 2.24) is 9.38 Å². The minimum atomic E-state index is 0.0496. The number of rotatable bonds is 5. The summed E-state index contributed by atoms with van der Waals surface area (Å²) < 4.78 is 7.51. The molecule has 0 radical (unpaired) electrons. The summed E-state index contributed by atoms with van der Waals surface area (Å²) in [5.74, 6) is 0.973. The number of aldehydes is 1. The van der Waals surface area contributed by atoms with Gasteiger partial charge in [0.1, 0.15) is 11.3 Å². The van der Waals surface area contributed by atoms with Gasteiger partial charge in [-0.25, -0.2) is 0 Å². The highest BCUT2D eigenvalue weighted by Gasteiger charge is 2.15. The van der Waals surface area contributed by atoms with Crippen LogP contribution in [0.5, 0.6) is 5.88 Å². The molecule has 4 nitrogen and oxygen atoms in total. The van der Waals surface area contributed by atoms with Crippen LogP contribution < -0.4 is 4.74 Å². The van der Waals surface area contributed by atoms with E-state index < -0.39 is 0 Å². The molecule has 2 heterocycles. The van der Waals surface area contributed by atoms with Crippen LogP contribution in [0.2, 0.25) is 0 Å². The summed E-state index contributed by atoms with van der Waals surface area (Å²) in [6.07, 6.45) is 3.59. The Bertz CT molecular complexity index is 546. The minimum absolute atomic E-state index is 0.0496. The average Bonchev–Trinajstić information content (AvgIpc) is 2.64. The third-order valence-electron chi connectivity index (χ3n) is 2.76. The van der Waals surface area contributed by atoms with Crippen molar-refractivity contribution in [2.24, 2.45) is 5.92 Å². The number of aromatic nitrogens is 2. The van der Waals surface area contributed by atoms with Gasteiger partial charge in [-0.2, -0.15) is 4.98 Å². The van der Waals surface area contributed by atoms with Crippen molar-refractivity contribution in [3.63, 3.8) is 0 Å². The van der Waals surface area contributed by atoms with Gasteiger partial charge in [-0.05, 0) is 31.4 Å². The molecule has 1 atom stereocenters. The second-order valence-electron chi connectivity index (χ2n) is 4.91. The lowest BCUT2D eigenvalue weighted by Crippen LogP contribution is -2.15. The number of ether oxygens (including phenoxy) is 1. The lowest BCUT2D eigenvalue weighted by atomic mass is 10.1. The molecule has 4 heteroatoms. The normalized spacial score (nSPS) is 12.9. The van der Waals surface area contributed by atoms with Crippen molar-refractivity contribution in [1.29, 1.82) is 0 Å². The molecule has 0 aliphatic carbocycles. The van der Waals surface area contributed by atoms with Crippen molar-refractivity contribution >= 4 is 11.9 Å². The second kappa shape index (κ2) is 5.21. The van der Waals surface area contributed by atoms with E-state index in [1.165, 1.54) is 0 Å². The quantitative estimate of drug-likeness (QED) is 0.762. The summed E-state index contributed by atoms with van der Waals surface area (Å²) in [6, 6.07) is 5.61. The zero-order chi connectivity index (χ0) is 13.1. The molecule has 0 aliphatic rings. The molecule has 0 saturated heterocycles. The Balaban J connectivity index is 2.30. The van der Waals surface area contributed by atoms with Gasteiger partial charge in [0.25, 0.3) is 0 Å². The van der Waals surface area contributed by atoms with E-state index >= 15 is 0 Å². The summed E-state index contributed by atoms with van der Waals surface area (Å²) >= 11 is 0. The summed E-state index contributed by atoms with van der Waals surface area (Å²) in [6.45, 7) is 6.28. The van der Waals surface area contributed by atoms with Gasteiger partial charge in [0.2, 0.25) is 5.88 Å². The largest absolute Gasteiger partial charge is 0.473 e. The zero-order valence-electron chi connectivity index (χ0n) is 11.0. The number of carbonyl (C=O) groups is 1. The Kier molecular flexibility index (Phi) is 3.65. The predicted molar refractivity (Wildman–Crippen MR) is 70.1 cm³/mol. The Morgan fingerprint density at radius 2 is 2.17 bits per heavy atom. The number of carbonyl (C=O) groups excluding carboxylic acids is 1. The van der Waals surface area contributed by atoms with E-state index in [9.17, 15) is 4.79 Å². The lowest BCUT2D eigenvalue weighted by molar-refractivity contribution is 0.110. The molecule has 96 valence electrons. The summed E-state index contributed by atoms with van der Waals surface area (Å²) in [4.78, 5) is 15.5. The number of nitrogens with zero attached hydrogens (tertiary/aromatic N) is 2. The van der Waals surface area contributed by atoms with Crippen LogP contribution in [0.1, 0.15) is 37.7 Å². The van der Waals surface area contributed by atoms with Crippen LogP contribution in [0.4, 0.5) is 0 Å². The molecule has 0 fully saturated rings. The molecule has 0 saturated carbocycles. The first-order chi connectivity index (χ1) is 8.61. The van der Waals surface area contributed by atoms with Crippen LogP contribution in [-0.4, -0.2) is 21.8 Å². The van der Waals surface area contributed by atoms with Crippen LogP contribution in [0.3, 0.4) is 0 Å². The van der Waals surface area contributed by atoms with Crippen LogP contribution in [-0.2, 0) is 0 Å². The van der Waals surface area contributed by atoms with Gasteiger partial charge in [0.15, 0.2) is 6.29 Å². The highest BCUT2D eigenvalue weighted by Crippen LogP contribution is 2.20. The molecular weight excluding hydrogens is 228 g/mol. The van der Waals surface area contributed by atoms with Crippen LogP contribution in [0.25, 0.3) is 5.65 Å². The molecule has 0 aromatic carbocycles. The SMILES string of the molecule is CC(C)CC(C)Oc1nc2ccccn2c1C=O. The summed E-state index contributed by atoms with van der Waals surface area (Å²) in [5.41, 5.74) is 1.20. The fraction of sp³-hybridized carbons (Fsp3) is 0.429. The molecule has 18 heavy (non-hydrogen) atoms. The van der Waals surface area contributed by atoms with Gasteiger partial charge < -0.3 is 4.74 Å². The highest BCUT2D eigenvalue weighted by atomic mass is 16.5. The van der Waals surface area contributed by atoms with Crippen LogP contribution >= 0.6 is 0 Å². The lowest BCUT2D eigenvalue weighted by Gasteiger charge is -2.14. The van der Waals surface area contributed by atoms with Gasteiger partial charge in [-0.15, -0.1) is 0 Å². The average molecular weight is 246 g/mol. The third kappa shape index (κ3) is 2.53. The maximum absolute atomic E-state index is 11.2. The van der Waals surface area contributed by atoms with E-state index in [-0.39, 0.29) is 6.10 Å². The topological polar surface area (TPSA) is 43.6 Å². The Hall–Kier alpha value is -1.84. The Morgan fingerprint density at radius 1 is 1.39 bits per heavy atom. The maximum Gasteiger partial charge on any atom is 0.244 e. The van der Waals surface area contributed by atoms with E-state index in [1.807, 2.05) is 31.3 Å². The van der Waals surface area contributed by atoms with E-state index in [0.29, 0.717) is 17.5 Å². The number of pyridine rings is 1. The van der Waals surface area contributed by atoms with Crippen molar-refractivity contribution < 1.29 is 9.53 Å². The van der Waals surface area contributed by atoms with Crippen LogP contribution in [0, 0.1) is 5.92 Å². The van der Waals surface area contributed by atoms with Crippen molar-refractivity contribution in [2.45, 2.75) is 33.3 Å². The standard InChI is InChI=1S/C14H18N2O2/c1-10(2)8-11(3)18-14-12(9-17)16-7-5-4-6-13(16)15-14/h4-7,9-11H,8H2,1-3H3. The molecule has 0 spiro atoms.